The molecule has 3 aliphatic heterocycles. The lowest BCUT2D eigenvalue weighted by molar-refractivity contribution is -0.467. The lowest BCUT2D eigenvalue weighted by atomic mass is 9.91. The Balaban J connectivity index is 1.66. The highest BCUT2D eigenvalue weighted by molar-refractivity contribution is 5.17. The summed E-state index contributed by atoms with van der Waals surface area (Å²) in [7, 11) is 0. The molecule has 1 aromatic carbocycles. The molecule has 0 saturated carbocycles. The third kappa shape index (κ3) is 2.16. The van der Waals surface area contributed by atoms with E-state index in [1.807, 2.05) is 6.07 Å². The lowest BCUT2D eigenvalue weighted by Gasteiger charge is -2.50. The Labute approximate surface area is 106 Å². The number of rotatable bonds is 3. The maximum atomic E-state index is 13.5. The quantitative estimate of drug-likeness (QED) is 0.827. The van der Waals surface area contributed by atoms with E-state index in [1.54, 1.807) is 12.1 Å². The normalized spacial score (nSPS) is 34.8. The van der Waals surface area contributed by atoms with Crippen LogP contribution in [0.25, 0.3) is 0 Å². The molecule has 4 heteroatoms. The van der Waals surface area contributed by atoms with Crippen molar-refractivity contribution in [2.24, 2.45) is 5.41 Å². The standard InChI is InChI=1S/C14H17FO3/c1-13-8-16-14(17-9-13,18-10-13)7-6-11-4-2-3-5-12(11)15/h2-5H,6-10H2,1H3. The number of fused-ring (bicyclic) bond motifs is 3. The van der Waals surface area contributed by atoms with Crippen LogP contribution in [-0.4, -0.2) is 25.8 Å². The Morgan fingerprint density at radius 2 is 1.72 bits per heavy atom. The molecular weight excluding hydrogens is 235 g/mol. The lowest BCUT2D eigenvalue weighted by Crippen LogP contribution is -2.59. The Kier molecular flexibility index (Phi) is 2.88. The van der Waals surface area contributed by atoms with Gasteiger partial charge >= 0.3 is 0 Å². The number of hydrogen-bond donors (Lipinski definition) is 0. The van der Waals surface area contributed by atoms with Crippen LogP contribution in [0, 0.1) is 11.2 Å². The summed E-state index contributed by atoms with van der Waals surface area (Å²) in [6.07, 6.45) is 1.06. The maximum absolute atomic E-state index is 13.5. The molecule has 0 aliphatic carbocycles. The summed E-state index contributed by atoms with van der Waals surface area (Å²) in [5.41, 5.74) is 0.640. The van der Waals surface area contributed by atoms with Crippen molar-refractivity contribution >= 4 is 0 Å². The van der Waals surface area contributed by atoms with E-state index in [2.05, 4.69) is 6.92 Å². The summed E-state index contributed by atoms with van der Waals surface area (Å²) in [5.74, 6) is -1.15. The highest BCUT2D eigenvalue weighted by atomic mass is 19.1. The van der Waals surface area contributed by atoms with E-state index in [0.29, 0.717) is 38.2 Å². The van der Waals surface area contributed by atoms with Gasteiger partial charge in [-0.3, -0.25) is 0 Å². The van der Waals surface area contributed by atoms with Crippen LogP contribution in [0.4, 0.5) is 4.39 Å². The third-order valence-corrected chi connectivity index (χ3v) is 3.58. The average molecular weight is 252 g/mol. The molecule has 3 fully saturated rings. The van der Waals surface area contributed by atoms with Crippen LogP contribution in [0.1, 0.15) is 18.9 Å². The monoisotopic (exact) mass is 252 g/mol. The number of hydrogen-bond acceptors (Lipinski definition) is 3. The van der Waals surface area contributed by atoms with Crippen LogP contribution >= 0.6 is 0 Å². The van der Waals surface area contributed by atoms with Gasteiger partial charge in [0.05, 0.1) is 19.8 Å². The van der Waals surface area contributed by atoms with Gasteiger partial charge in [0.15, 0.2) is 0 Å². The Morgan fingerprint density at radius 1 is 1.11 bits per heavy atom. The molecule has 3 aliphatic rings. The molecule has 0 N–H and O–H groups in total. The molecule has 0 aromatic heterocycles. The van der Waals surface area contributed by atoms with E-state index in [0.717, 1.165) is 0 Å². The minimum Gasteiger partial charge on any atom is -0.327 e. The second kappa shape index (κ2) is 4.30. The molecule has 0 radical (unpaired) electrons. The molecule has 0 amide bonds. The minimum atomic E-state index is -0.958. The zero-order chi connectivity index (χ0) is 12.6. The number of ether oxygens (including phenoxy) is 3. The first-order chi connectivity index (χ1) is 8.61. The van der Waals surface area contributed by atoms with E-state index in [1.165, 1.54) is 6.07 Å². The molecule has 0 spiro atoms. The molecule has 3 nitrogen and oxygen atoms in total. The molecule has 98 valence electrons. The fraction of sp³-hybridized carbons (Fsp3) is 0.571. The van der Waals surface area contributed by atoms with Crippen LogP contribution in [-0.2, 0) is 20.6 Å². The van der Waals surface area contributed by atoms with Gasteiger partial charge in [-0.25, -0.2) is 4.39 Å². The SMILES string of the molecule is CC12COC(CCc3ccccc3F)(OC1)OC2. The average Bonchev–Trinajstić information content (AvgIpc) is 2.40. The van der Waals surface area contributed by atoms with Gasteiger partial charge < -0.3 is 14.2 Å². The topological polar surface area (TPSA) is 27.7 Å². The predicted octanol–water partition coefficient (Wildman–Crippen LogP) is 2.50. The van der Waals surface area contributed by atoms with Gasteiger partial charge in [-0.15, -0.1) is 0 Å². The van der Waals surface area contributed by atoms with Crippen molar-refractivity contribution in [2.45, 2.75) is 25.7 Å². The zero-order valence-electron chi connectivity index (χ0n) is 10.4. The van der Waals surface area contributed by atoms with Crippen molar-refractivity contribution in [3.8, 4) is 0 Å². The van der Waals surface area contributed by atoms with Gasteiger partial charge in [0.1, 0.15) is 5.82 Å². The molecule has 0 unspecified atom stereocenters. The molecule has 3 heterocycles. The molecule has 1 aromatic rings. The van der Waals surface area contributed by atoms with E-state index in [-0.39, 0.29) is 11.2 Å². The second-order valence-electron chi connectivity index (χ2n) is 5.45. The molecular formula is C14H17FO3. The second-order valence-corrected chi connectivity index (χ2v) is 5.45. The first-order valence-electron chi connectivity index (χ1n) is 6.26. The van der Waals surface area contributed by atoms with E-state index in [4.69, 9.17) is 14.2 Å². The van der Waals surface area contributed by atoms with Gasteiger partial charge in [-0.05, 0) is 18.1 Å². The van der Waals surface area contributed by atoms with Crippen LogP contribution in [0.15, 0.2) is 24.3 Å². The van der Waals surface area contributed by atoms with Gasteiger partial charge in [0.2, 0.25) is 0 Å². The van der Waals surface area contributed by atoms with Crippen LogP contribution in [0.5, 0.6) is 0 Å². The van der Waals surface area contributed by atoms with Gasteiger partial charge in [-0.1, -0.05) is 25.1 Å². The van der Waals surface area contributed by atoms with Crippen LogP contribution < -0.4 is 0 Å². The molecule has 4 rings (SSSR count). The smallest absolute Gasteiger partial charge is 0.283 e. The number of halogens is 1. The van der Waals surface area contributed by atoms with E-state index >= 15 is 0 Å². The Hall–Kier alpha value is -0.970. The minimum absolute atomic E-state index is 0.0280. The fourth-order valence-corrected chi connectivity index (χ4v) is 2.31. The van der Waals surface area contributed by atoms with Gasteiger partial charge in [0.25, 0.3) is 5.97 Å². The third-order valence-electron chi connectivity index (χ3n) is 3.58. The summed E-state index contributed by atoms with van der Waals surface area (Å²) in [6, 6.07) is 6.76. The summed E-state index contributed by atoms with van der Waals surface area (Å²) in [4.78, 5) is 0. The van der Waals surface area contributed by atoms with Crippen molar-refractivity contribution < 1.29 is 18.6 Å². The molecule has 18 heavy (non-hydrogen) atoms. The number of benzene rings is 1. The largest absolute Gasteiger partial charge is 0.327 e. The molecule has 3 saturated heterocycles. The first-order valence-corrected chi connectivity index (χ1v) is 6.26. The van der Waals surface area contributed by atoms with Crippen LogP contribution in [0.2, 0.25) is 0 Å². The predicted molar refractivity (Wildman–Crippen MR) is 63.4 cm³/mol. The van der Waals surface area contributed by atoms with E-state index < -0.39 is 5.97 Å². The summed E-state index contributed by atoms with van der Waals surface area (Å²) in [5, 5.41) is 0. The number of aryl methyl sites for hydroxylation is 1. The Morgan fingerprint density at radius 3 is 2.33 bits per heavy atom. The highest BCUT2D eigenvalue weighted by Gasteiger charge is 2.49. The first kappa shape index (κ1) is 12.1. The van der Waals surface area contributed by atoms with Crippen molar-refractivity contribution in [1.29, 1.82) is 0 Å². The maximum Gasteiger partial charge on any atom is 0.283 e. The van der Waals surface area contributed by atoms with Gasteiger partial charge in [0, 0.05) is 11.8 Å². The summed E-state index contributed by atoms with van der Waals surface area (Å²) in [6.45, 7) is 4.01. The van der Waals surface area contributed by atoms with Gasteiger partial charge in [-0.2, -0.15) is 0 Å². The molecule has 2 bridgehead atoms. The van der Waals surface area contributed by atoms with Crippen molar-refractivity contribution in [3.63, 3.8) is 0 Å². The summed E-state index contributed by atoms with van der Waals surface area (Å²) < 4.78 is 30.5. The fourth-order valence-electron chi connectivity index (χ4n) is 2.31. The highest BCUT2D eigenvalue weighted by Crippen LogP contribution is 2.40. The van der Waals surface area contributed by atoms with Crippen molar-refractivity contribution in [1.82, 2.24) is 0 Å². The van der Waals surface area contributed by atoms with Crippen LogP contribution in [0.3, 0.4) is 0 Å². The zero-order valence-corrected chi connectivity index (χ0v) is 10.4. The van der Waals surface area contributed by atoms with Crippen molar-refractivity contribution in [3.05, 3.63) is 35.6 Å². The van der Waals surface area contributed by atoms with E-state index in [9.17, 15) is 4.39 Å². The Bertz CT molecular complexity index is 422. The van der Waals surface area contributed by atoms with Crippen molar-refractivity contribution in [2.75, 3.05) is 19.8 Å². The molecule has 0 atom stereocenters. The summed E-state index contributed by atoms with van der Waals surface area (Å²) >= 11 is 0.